The first-order valence-corrected chi connectivity index (χ1v) is 32.8. The molecule has 436 valence electrons. The molecule has 6 heteroatoms. The van der Waals surface area contributed by atoms with Crippen molar-refractivity contribution in [3.63, 3.8) is 0 Å². The van der Waals surface area contributed by atoms with Crippen molar-refractivity contribution in [1.82, 2.24) is 0 Å². The molecule has 1 unspecified atom stereocenters. The summed E-state index contributed by atoms with van der Waals surface area (Å²) in [4.78, 5) is 38.3. The fraction of sp³-hybridized carbons (Fsp3) is 0.812. The van der Waals surface area contributed by atoms with Gasteiger partial charge in [0.2, 0.25) is 0 Å². The minimum atomic E-state index is -0.785. The van der Waals surface area contributed by atoms with E-state index in [2.05, 4.69) is 81.5 Å². The summed E-state index contributed by atoms with van der Waals surface area (Å²) in [5.74, 6) is -0.885. The first-order valence-electron chi connectivity index (χ1n) is 32.8. The molecule has 6 nitrogen and oxygen atoms in total. The second kappa shape index (κ2) is 63.6. The molecule has 0 fully saturated rings. The van der Waals surface area contributed by atoms with E-state index in [1.54, 1.807) is 0 Å². The highest BCUT2D eigenvalue weighted by Crippen LogP contribution is 2.17. The lowest BCUT2D eigenvalue weighted by Crippen LogP contribution is -2.30. The maximum Gasteiger partial charge on any atom is 0.306 e. The molecule has 0 spiro atoms. The SMILES string of the molecule is CCCCC/C=C\C/C=C\CCCCCCCCCC(=O)OC(COC(=O)CCCCCCC/C=C\C/C=C\CCCCC)COC(=O)CCCCCCCCCCCCCCC/C=C\CCCCCCCCCC. The number of hydrogen-bond acceptors (Lipinski definition) is 6. The molecular weight excluding hydrogens is 925 g/mol. The fourth-order valence-electron chi connectivity index (χ4n) is 9.50. The predicted molar refractivity (Wildman–Crippen MR) is 325 cm³/mol. The molecule has 0 amide bonds. The van der Waals surface area contributed by atoms with E-state index in [0.717, 1.165) is 89.9 Å². The molecule has 0 aliphatic rings. The van der Waals surface area contributed by atoms with E-state index in [0.29, 0.717) is 19.3 Å². The van der Waals surface area contributed by atoms with Crippen molar-refractivity contribution < 1.29 is 28.6 Å². The summed E-state index contributed by atoms with van der Waals surface area (Å²) in [5, 5.41) is 0. The second-order valence-corrected chi connectivity index (χ2v) is 22.0. The molecule has 0 aliphatic carbocycles. The van der Waals surface area contributed by atoms with Gasteiger partial charge in [-0.2, -0.15) is 0 Å². The van der Waals surface area contributed by atoms with E-state index >= 15 is 0 Å². The second-order valence-electron chi connectivity index (χ2n) is 22.0. The number of esters is 3. The topological polar surface area (TPSA) is 78.9 Å². The Labute approximate surface area is 466 Å². The van der Waals surface area contributed by atoms with E-state index in [1.807, 2.05) is 0 Å². The maximum atomic E-state index is 12.9. The van der Waals surface area contributed by atoms with Crippen molar-refractivity contribution in [3.05, 3.63) is 60.8 Å². The van der Waals surface area contributed by atoms with E-state index in [4.69, 9.17) is 14.2 Å². The molecule has 0 aromatic carbocycles. The Kier molecular flexibility index (Phi) is 61.2. The minimum Gasteiger partial charge on any atom is -0.462 e. The van der Waals surface area contributed by atoms with Gasteiger partial charge >= 0.3 is 17.9 Å². The predicted octanol–water partition coefficient (Wildman–Crippen LogP) is 22.3. The van der Waals surface area contributed by atoms with Crippen LogP contribution in [0.1, 0.15) is 342 Å². The smallest absolute Gasteiger partial charge is 0.306 e. The standard InChI is InChI=1S/C69H124O6/c1-4-7-10-13-16-19-22-25-28-30-31-32-33-34-35-36-37-39-41-44-47-50-53-56-59-62-68(71)74-65-66(64-73-67(70)61-58-55-52-49-46-43-40-27-24-21-18-15-12-9-6-3)75-69(72)63-60-57-54-51-48-45-42-38-29-26-23-20-17-14-11-8-5-2/h17-18,20-21,26-27,29-31,40,66H,4-16,19,22-25,28,32-39,41-65H2,1-3H3/b20-17-,21-18-,29-26-,31-30-,40-27-. The zero-order valence-electron chi connectivity index (χ0n) is 50.1. The molecule has 0 aromatic heterocycles. The third kappa shape index (κ3) is 61.8. The van der Waals surface area contributed by atoms with Crippen LogP contribution in [0.15, 0.2) is 60.8 Å². The van der Waals surface area contributed by atoms with Crippen molar-refractivity contribution in [2.24, 2.45) is 0 Å². The van der Waals surface area contributed by atoms with Gasteiger partial charge in [-0.05, 0) is 109 Å². The van der Waals surface area contributed by atoms with Gasteiger partial charge in [0.05, 0.1) is 0 Å². The van der Waals surface area contributed by atoms with E-state index in [1.165, 1.54) is 212 Å². The van der Waals surface area contributed by atoms with Gasteiger partial charge in [0, 0.05) is 19.3 Å². The monoisotopic (exact) mass is 1050 g/mol. The number of carbonyl (C=O) groups is 3. The molecule has 0 saturated heterocycles. The fourth-order valence-corrected chi connectivity index (χ4v) is 9.50. The molecule has 0 bridgehead atoms. The summed E-state index contributed by atoms with van der Waals surface area (Å²) in [6.07, 6.45) is 80.9. The lowest BCUT2D eigenvalue weighted by Gasteiger charge is -2.18. The van der Waals surface area contributed by atoms with E-state index in [9.17, 15) is 14.4 Å². The highest BCUT2D eigenvalue weighted by atomic mass is 16.6. The van der Waals surface area contributed by atoms with Crippen LogP contribution in [0, 0.1) is 0 Å². The van der Waals surface area contributed by atoms with Gasteiger partial charge in [-0.15, -0.1) is 0 Å². The van der Waals surface area contributed by atoms with Crippen LogP contribution in [-0.2, 0) is 28.6 Å². The van der Waals surface area contributed by atoms with Crippen LogP contribution in [0.3, 0.4) is 0 Å². The van der Waals surface area contributed by atoms with Gasteiger partial charge in [-0.1, -0.05) is 274 Å². The van der Waals surface area contributed by atoms with Crippen molar-refractivity contribution in [2.45, 2.75) is 348 Å². The van der Waals surface area contributed by atoms with Crippen LogP contribution in [0.2, 0.25) is 0 Å². The van der Waals surface area contributed by atoms with Gasteiger partial charge in [0.1, 0.15) is 13.2 Å². The van der Waals surface area contributed by atoms with Crippen molar-refractivity contribution in [2.75, 3.05) is 13.2 Å². The normalized spacial score (nSPS) is 12.4. The molecule has 0 aromatic rings. The zero-order chi connectivity index (χ0) is 54.3. The minimum absolute atomic E-state index is 0.0801. The van der Waals surface area contributed by atoms with Crippen LogP contribution < -0.4 is 0 Å². The molecular formula is C69H124O6. The quantitative estimate of drug-likeness (QED) is 0.0261. The summed E-state index contributed by atoms with van der Waals surface area (Å²) in [6.45, 7) is 6.61. The molecule has 0 saturated carbocycles. The number of ether oxygens (including phenoxy) is 3. The average Bonchev–Trinajstić information content (AvgIpc) is 3.41. The number of hydrogen-bond donors (Lipinski definition) is 0. The molecule has 1 atom stereocenters. The van der Waals surface area contributed by atoms with Crippen LogP contribution >= 0.6 is 0 Å². The molecule has 75 heavy (non-hydrogen) atoms. The van der Waals surface area contributed by atoms with E-state index in [-0.39, 0.29) is 31.1 Å². The zero-order valence-corrected chi connectivity index (χ0v) is 50.1. The Morgan fingerprint density at radius 1 is 0.267 bits per heavy atom. The summed E-state index contributed by atoms with van der Waals surface area (Å²) >= 11 is 0. The first kappa shape index (κ1) is 72.1. The summed E-state index contributed by atoms with van der Waals surface area (Å²) in [6, 6.07) is 0. The summed E-state index contributed by atoms with van der Waals surface area (Å²) in [7, 11) is 0. The van der Waals surface area contributed by atoms with Gasteiger partial charge in [-0.3, -0.25) is 14.4 Å². The summed E-state index contributed by atoms with van der Waals surface area (Å²) in [5.41, 5.74) is 0. The Hall–Kier alpha value is -2.89. The third-order valence-electron chi connectivity index (χ3n) is 14.5. The Bertz CT molecular complexity index is 1340. The van der Waals surface area contributed by atoms with Gasteiger partial charge in [-0.25, -0.2) is 0 Å². The lowest BCUT2D eigenvalue weighted by molar-refractivity contribution is -0.167. The Balaban J connectivity index is 4.30. The van der Waals surface area contributed by atoms with Crippen LogP contribution in [-0.4, -0.2) is 37.2 Å². The maximum absolute atomic E-state index is 12.9. The molecule has 0 heterocycles. The van der Waals surface area contributed by atoms with Gasteiger partial charge in [0.25, 0.3) is 0 Å². The highest BCUT2D eigenvalue weighted by Gasteiger charge is 2.19. The molecule has 0 aliphatic heterocycles. The van der Waals surface area contributed by atoms with Crippen molar-refractivity contribution in [3.8, 4) is 0 Å². The van der Waals surface area contributed by atoms with E-state index < -0.39 is 6.10 Å². The number of carbonyl (C=O) groups excluding carboxylic acids is 3. The Morgan fingerprint density at radius 3 is 0.773 bits per heavy atom. The molecule has 0 radical (unpaired) electrons. The first-order chi connectivity index (χ1) is 37.0. The van der Waals surface area contributed by atoms with Crippen LogP contribution in [0.5, 0.6) is 0 Å². The number of unbranched alkanes of at least 4 members (excludes halogenated alkanes) is 39. The van der Waals surface area contributed by atoms with Crippen molar-refractivity contribution >= 4 is 17.9 Å². The third-order valence-corrected chi connectivity index (χ3v) is 14.5. The average molecular weight is 1050 g/mol. The van der Waals surface area contributed by atoms with Gasteiger partial charge < -0.3 is 14.2 Å². The largest absolute Gasteiger partial charge is 0.462 e. The number of rotatable bonds is 60. The molecule has 0 N–H and O–H groups in total. The number of allylic oxidation sites excluding steroid dienone is 10. The van der Waals surface area contributed by atoms with Crippen LogP contribution in [0.4, 0.5) is 0 Å². The lowest BCUT2D eigenvalue weighted by atomic mass is 10.0. The van der Waals surface area contributed by atoms with Gasteiger partial charge in [0.15, 0.2) is 6.10 Å². The summed E-state index contributed by atoms with van der Waals surface area (Å²) < 4.78 is 16.9. The van der Waals surface area contributed by atoms with Crippen molar-refractivity contribution in [1.29, 1.82) is 0 Å². The van der Waals surface area contributed by atoms with Crippen LogP contribution in [0.25, 0.3) is 0 Å². The highest BCUT2D eigenvalue weighted by molar-refractivity contribution is 5.71. The molecule has 0 rings (SSSR count). The Morgan fingerprint density at radius 2 is 0.480 bits per heavy atom.